The molecule has 1 fully saturated rings. The fraction of sp³-hybridized carbons (Fsp3) is 0.125. The number of aromatic carboxylic acids is 1. The van der Waals surface area contributed by atoms with E-state index < -0.39 is 16.0 Å². The molecule has 176 valence electrons. The van der Waals surface area contributed by atoms with Crippen LogP contribution in [0.1, 0.15) is 21.5 Å². The fourth-order valence-electron chi connectivity index (χ4n) is 3.35. The molecule has 34 heavy (non-hydrogen) atoms. The predicted octanol–water partition coefficient (Wildman–Crippen LogP) is 4.23. The van der Waals surface area contributed by atoms with Crippen LogP contribution in [0.2, 0.25) is 0 Å². The van der Waals surface area contributed by atoms with Crippen LogP contribution in [0.4, 0.5) is 5.69 Å². The number of nitrogens with zero attached hydrogens (tertiary/aromatic N) is 2. The molecule has 1 N–H and O–H groups in total. The van der Waals surface area contributed by atoms with Gasteiger partial charge in [-0.05, 0) is 65.7 Å². The van der Waals surface area contributed by atoms with Crippen LogP contribution in [-0.2, 0) is 16.6 Å². The Hall–Kier alpha value is -3.47. The number of carboxylic acids is 1. The van der Waals surface area contributed by atoms with Crippen molar-refractivity contribution >= 4 is 40.6 Å². The molecule has 0 bridgehead atoms. The lowest BCUT2D eigenvalue weighted by Gasteiger charge is -2.22. The van der Waals surface area contributed by atoms with Crippen LogP contribution in [-0.4, -0.2) is 37.0 Å². The van der Waals surface area contributed by atoms with E-state index in [0.717, 1.165) is 9.38 Å². The average molecular weight is 499 g/mol. The van der Waals surface area contributed by atoms with E-state index in [4.69, 9.17) is 14.6 Å². The lowest BCUT2D eigenvalue weighted by molar-refractivity contribution is 0.0697. The van der Waals surface area contributed by atoms with Crippen LogP contribution in [0.25, 0.3) is 6.08 Å². The number of methoxy groups -OCH3 is 1. The highest BCUT2D eigenvalue weighted by Crippen LogP contribution is 2.34. The molecule has 4 rings (SSSR count). The van der Waals surface area contributed by atoms with E-state index in [0.29, 0.717) is 22.7 Å². The molecule has 1 aliphatic heterocycles. The quantitative estimate of drug-likeness (QED) is 0.471. The van der Waals surface area contributed by atoms with Gasteiger partial charge in [0.25, 0.3) is 10.0 Å². The number of carbonyl (C=O) groups is 1. The van der Waals surface area contributed by atoms with Crippen molar-refractivity contribution in [2.45, 2.75) is 6.61 Å². The van der Waals surface area contributed by atoms with Crippen LogP contribution in [0.3, 0.4) is 0 Å². The molecule has 0 aromatic heterocycles. The largest absolute Gasteiger partial charge is 0.497 e. The molecule has 1 heterocycles. The van der Waals surface area contributed by atoms with E-state index in [9.17, 15) is 13.2 Å². The van der Waals surface area contributed by atoms with Crippen LogP contribution < -0.4 is 14.5 Å². The van der Waals surface area contributed by atoms with Gasteiger partial charge in [-0.25, -0.2) is 13.2 Å². The number of carboxylic acid groups (broad SMARTS) is 1. The summed E-state index contributed by atoms with van der Waals surface area (Å²) in [6, 6.07) is 20.5. The number of hydrogen-bond acceptors (Lipinski definition) is 7. The minimum absolute atomic E-state index is 0.142. The van der Waals surface area contributed by atoms with Crippen molar-refractivity contribution < 1.29 is 27.8 Å². The highest BCUT2D eigenvalue weighted by Gasteiger charge is 2.38. The summed E-state index contributed by atoms with van der Waals surface area (Å²) < 4.78 is 37.5. The molecule has 10 heteroatoms. The molecule has 1 saturated heterocycles. The Balaban J connectivity index is 1.45. The zero-order valence-electron chi connectivity index (χ0n) is 18.2. The van der Waals surface area contributed by atoms with Crippen molar-refractivity contribution in [2.24, 2.45) is 0 Å². The first-order valence-corrected chi connectivity index (χ1v) is 12.0. The number of hydrogen-bond donors (Lipinski definition) is 2. The molecule has 0 aliphatic carbocycles. The third-order valence-electron chi connectivity index (χ3n) is 5.24. The number of anilines is 1. The Bertz CT molecular complexity index is 1310. The number of ether oxygens (including phenoxy) is 2. The van der Waals surface area contributed by atoms with Gasteiger partial charge in [0.1, 0.15) is 18.1 Å². The van der Waals surface area contributed by atoms with Crippen molar-refractivity contribution in [1.82, 2.24) is 3.82 Å². The zero-order chi connectivity index (χ0) is 24.3. The predicted molar refractivity (Wildman–Crippen MR) is 132 cm³/mol. The minimum Gasteiger partial charge on any atom is -0.497 e. The maximum atomic E-state index is 12.8. The van der Waals surface area contributed by atoms with Gasteiger partial charge < -0.3 is 14.6 Å². The first-order valence-electron chi connectivity index (χ1n) is 10.2. The Morgan fingerprint density at radius 1 is 1.00 bits per heavy atom. The SMILES string of the molecule is COc1ccc(N2C/C(=C/c3ccc(OCc4ccc(C(=O)O)cc4)cc3)S(=O)(=O)N2S)cc1. The monoisotopic (exact) mass is 498 g/mol. The maximum Gasteiger partial charge on any atom is 0.335 e. The summed E-state index contributed by atoms with van der Waals surface area (Å²) in [7, 11) is -2.20. The topological polar surface area (TPSA) is 96.4 Å². The number of benzene rings is 3. The Labute approximate surface area is 203 Å². The normalized spacial score (nSPS) is 16.5. The summed E-state index contributed by atoms with van der Waals surface area (Å²) in [6.07, 6.45) is 1.61. The molecule has 8 nitrogen and oxygen atoms in total. The molecule has 0 saturated carbocycles. The lowest BCUT2D eigenvalue weighted by Crippen LogP contribution is -2.31. The van der Waals surface area contributed by atoms with E-state index >= 15 is 0 Å². The number of hydrazine groups is 1. The first-order chi connectivity index (χ1) is 16.3. The minimum atomic E-state index is -3.76. The summed E-state index contributed by atoms with van der Waals surface area (Å²) in [4.78, 5) is 11.1. The van der Waals surface area contributed by atoms with Crippen molar-refractivity contribution in [1.29, 1.82) is 0 Å². The second kappa shape index (κ2) is 9.80. The lowest BCUT2D eigenvalue weighted by atomic mass is 10.1. The van der Waals surface area contributed by atoms with E-state index in [1.165, 1.54) is 12.1 Å². The second-order valence-electron chi connectivity index (χ2n) is 7.45. The van der Waals surface area contributed by atoms with Gasteiger partial charge in [-0.15, -0.1) is 0 Å². The highest BCUT2D eigenvalue weighted by molar-refractivity contribution is 8.02. The molecule has 0 radical (unpaired) electrons. The average Bonchev–Trinajstić information content (AvgIpc) is 3.07. The third-order valence-corrected chi connectivity index (χ3v) is 7.64. The Morgan fingerprint density at radius 3 is 2.21 bits per heavy atom. The summed E-state index contributed by atoms with van der Waals surface area (Å²) >= 11 is 4.20. The van der Waals surface area contributed by atoms with E-state index in [-0.39, 0.29) is 23.6 Å². The molecule has 1 aliphatic rings. The molecule has 0 spiro atoms. The summed E-state index contributed by atoms with van der Waals surface area (Å²) in [6.45, 7) is 0.420. The van der Waals surface area contributed by atoms with Gasteiger partial charge >= 0.3 is 5.97 Å². The van der Waals surface area contributed by atoms with Crippen LogP contribution in [0.5, 0.6) is 11.5 Å². The van der Waals surface area contributed by atoms with E-state index in [1.807, 2.05) is 0 Å². The molecule has 3 aromatic carbocycles. The van der Waals surface area contributed by atoms with Crippen LogP contribution in [0.15, 0.2) is 77.7 Å². The molecule has 0 amide bonds. The van der Waals surface area contributed by atoms with Crippen molar-refractivity contribution in [3.8, 4) is 11.5 Å². The third kappa shape index (κ3) is 5.04. The summed E-state index contributed by atoms with van der Waals surface area (Å²) in [5.74, 6) is 0.302. The molecular formula is C24H22N2O6S2. The van der Waals surface area contributed by atoms with Gasteiger partial charge in [0.2, 0.25) is 0 Å². The zero-order valence-corrected chi connectivity index (χ0v) is 19.9. The van der Waals surface area contributed by atoms with Crippen molar-refractivity contribution in [2.75, 3.05) is 18.7 Å². The summed E-state index contributed by atoms with van der Waals surface area (Å²) in [5.41, 5.74) is 2.42. The van der Waals surface area contributed by atoms with Crippen LogP contribution in [0, 0.1) is 0 Å². The standard InChI is InChI=1S/C24H22N2O6S2/c1-31-21-12-8-20(9-13-21)25-15-23(34(29,30)26(25)33)14-17-4-10-22(11-5-17)32-16-18-2-6-19(7-3-18)24(27)28/h2-14,33H,15-16H2,1H3,(H,27,28)/b23-14-. The van der Waals surface area contributed by atoms with Crippen molar-refractivity contribution in [3.63, 3.8) is 0 Å². The number of sulfonamides is 1. The number of rotatable bonds is 7. The Morgan fingerprint density at radius 2 is 1.62 bits per heavy atom. The van der Waals surface area contributed by atoms with Gasteiger partial charge in [-0.2, -0.15) is 0 Å². The van der Waals surface area contributed by atoms with Gasteiger partial charge in [0.15, 0.2) is 0 Å². The second-order valence-corrected chi connectivity index (χ2v) is 9.92. The maximum absolute atomic E-state index is 12.8. The van der Waals surface area contributed by atoms with Gasteiger partial charge in [-0.1, -0.05) is 40.9 Å². The first kappa shape index (κ1) is 23.7. The Kier molecular flexibility index (Phi) is 6.82. The van der Waals surface area contributed by atoms with E-state index in [2.05, 4.69) is 12.8 Å². The van der Waals surface area contributed by atoms with Gasteiger partial charge in [-0.3, -0.25) is 5.01 Å². The molecule has 0 atom stereocenters. The molecular weight excluding hydrogens is 476 g/mol. The molecule has 3 aromatic rings. The van der Waals surface area contributed by atoms with Gasteiger partial charge in [0.05, 0.1) is 29.8 Å². The number of thiol groups is 1. The fourth-order valence-corrected chi connectivity index (χ4v) is 5.02. The highest BCUT2D eigenvalue weighted by atomic mass is 32.3. The van der Waals surface area contributed by atoms with E-state index in [1.54, 1.807) is 78.9 Å². The van der Waals surface area contributed by atoms with Crippen LogP contribution >= 0.6 is 12.8 Å². The summed E-state index contributed by atoms with van der Waals surface area (Å²) in [5, 5.41) is 10.5. The molecule has 0 unspecified atom stereocenters. The van der Waals surface area contributed by atoms with Crippen molar-refractivity contribution in [3.05, 3.63) is 94.4 Å². The van der Waals surface area contributed by atoms with Gasteiger partial charge in [0, 0.05) is 0 Å². The smallest absolute Gasteiger partial charge is 0.335 e.